The van der Waals surface area contributed by atoms with Crippen LogP contribution in [0.4, 0.5) is 0 Å². The van der Waals surface area contributed by atoms with E-state index in [0.29, 0.717) is 36.1 Å². The molecular formula is C15H20N4O2. The van der Waals surface area contributed by atoms with Crippen LogP contribution >= 0.6 is 0 Å². The van der Waals surface area contributed by atoms with Crippen molar-refractivity contribution in [3.05, 3.63) is 23.3 Å². The van der Waals surface area contributed by atoms with Gasteiger partial charge in [0.05, 0.1) is 17.2 Å². The molecule has 1 aromatic heterocycles. The van der Waals surface area contributed by atoms with Crippen molar-refractivity contribution in [2.45, 2.75) is 26.7 Å². The summed E-state index contributed by atoms with van der Waals surface area (Å²) in [5.74, 6) is 1.25. The molecule has 21 heavy (non-hydrogen) atoms. The van der Waals surface area contributed by atoms with Crippen LogP contribution in [0.3, 0.4) is 0 Å². The Balaban J connectivity index is 1.52. The highest BCUT2D eigenvalue weighted by molar-refractivity contribution is 5.96. The number of nitrogens with zero attached hydrogens (tertiary/aromatic N) is 3. The summed E-state index contributed by atoms with van der Waals surface area (Å²) in [5, 5.41) is 2.96. The van der Waals surface area contributed by atoms with E-state index in [1.54, 1.807) is 18.0 Å². The van der Waals surface area contributed by atoms with E-state index in [1.165, 1.54) is 12.8 Å². The van der Waals surface area contributed by atoms with E-state index in [4.69, 9.17) is 0 Å². The van der Waals surface area contributed by atoms with E-state index in [1.807, 2.05) is 6.92 Å². The molecule has 3 rings (SSSR count). The first kappa shape index (κ1) is 14.0. The lowest BCUT2D eigenvalue weighted by molar-refractivity contribution is -0.129. The fourth-order valence-corrected chi connectivity index (χ4v) is 2.48. The number of amides is 2. The van der Waals surface area contributed by atoms with E-state index < -0.39 is 0 Å². The van der Waals surface area contributed by atoms with Gasteiger partial charge in [0.15, 0.2) is 0 Å². The van der Waals surface area contributed by atoms with Gasteiger partial charge in [0.25, 0.3) is 5.91 Å². The van der Waals surface area contributed by atoms with Crippen molar-refractivity contribution in [3.8, 4) is 0 Å². The number of nitrogens with one attached hydrogen (secondary N) is 1. The molecule has 1 N–H and O–H groups in total. The molecule has 1 saturated carbocycles. The minimum atomic E-state index is -0.0845. The van der Waals surface area contributed by atoms with Crippen LogP contribution in [0.1, 0.15) is 34.7 Å². The molecule has 0 atom stereocenters. The molecule has 6 nitrogen and oxygen atoms in total. The Morgan fingerprint density at radius 2 is 2.05 bits per heavy atom. The molecule has 1 aliphatic carbocycles. The molecule has 0 radical (unpaired) electrons. The second kappa shape index (κ2) is 5.42. The summed E-state index contributed by atoms with van der Waals surface area (Å²) in [6, 6.07) is 0. The highest BCUT2D eigenvalue weighted by atomic mass is 16.2. The molecule has 2 aliphatic rings. The van der Waals surface area contributed by atoms with Crippen molar-refractivity contribution in [1.82, 2.24) is 20.2 Å². The van der Waals surface area contributed by atoms with Gasteiger partial charge in [-0.2, -0.15) is 0 Å². The van der Waals surface area contributed by atoms with Crippen molar-refractivity contribution in [2.75, 3.05) is 19.6 Å². The third-order valence-corrected chi connectivity index (χ3v) is 4.13. The predicted molar refractivity (Wildman–Crippen MR) is 76.6 cm³/mol. The number of rotatable bonds is 4. The molecule has 112 valence electrons. The Labute approximate surface area is 124 Å². The maximum Gasteiger partial charge on any atom is 0.257 e. The Morgan fingerprint density at radius 1 is 1.33 bits per heavy atom. The van der Waals surface area contributed by atoms with Gasteiger partial charge in [-0.25, -0.2) is 9.97 Å². The molecule has 0 aromatic carbocycles. The Bertz CT molecular complexity index is 577. The van der Waals surface area contributed by atoms with Crippen LogP contribution < -0.4 is 5.32 Å². The Hall–Kier alpha value is -1.98. The molecule has 1 saturated heterocycles. The first-order chi connectivity index (χ1) is 10.0. The fraction of sp³-hybridized carbons (Fsp3) is 0.600. The first-order valence-electron chi connectivity index (χ1n) is 7.42. The maximum absolute atomic E-state index is 12.3. The number of carbonyl (C=O) groups is 2. The predicted octanol–water partition coefficient (Wildman–Crippen LogP) is 0.692. The van der Waals surface area contributed by atoms with Gasteiger partial charge in [-0.05, 0) is 32.6 Å². The van der Waals surface area contributed by atoms with E-state index in [2.05, 4.69) is 15.3 Å². The minimum Gasteiger partial charge on any atom is -0.355 e. The number of likely N-dealkylation sites (tertiary alicyclic amines) is 1. The molecule has 1 aliphatic heterocycles. The summed E-state index contributed by atoms with van der Waals surface area (Å²) < 4.78 is 0. The molecular weight excluding hydrogens is 268 g/mol. The van der Waals surface area contributed by atoms with Crippen LogP contribution in [0.5, 0.6) is 0 Å². The molecule has 6 heteroatoms. The molecule has 0 unspecified atom stereocenters. The zero-order chi connectivity index (χ0) is 15.0. The third-order valence-electron chi connectivity index (χ3n) is 4.13. The van der Waals surface area contributed by atoms with Gasteiger partial charge in [-0.1, -0.05) is 0 Å². The van der Waals surface area contributed by atoms with Crippen molar-refractivity contribution in [2.24, 2.45) is 11.8 Å². The van der Waals surface area contributed by atoms with Gasteiger partial charge in [0.2, 0.25) is 5.91 Å². The lowest BCUT2D eigenvalue weighted by Crippen LogP contribution is -2.56. The van der Waals surface area contributed by atoms with Gasteiger partial charge in [-0.15, -0.1) is 0 Å². The van der Waals surface area contributed by atoms with Crippen molar-refractivity contribution < 1.29 is 9.59 Å². The van der Waals surface area contributed by atoms with E-state index in [9.17, 15) is 9.59 Å². The number of aromatic nitrogens is 2. The van der Waals surface area contributed by atoms with Crippen LogP contribution in [-0.2, 0) is 4.79 Å². The quantitative estimate of drug-likeness (QED) is 0.884. The van der Waals surface area contributed by atoms with Gasteiger partial charge in [0, 0.05) is 25.8 Å². The van der Waals surface area contributed by atoms with Crippen LogP contribution in [0, 0.1) is 25.7 Å². The SMILES string of the molecule is Cc1ncc(C(=O)N2CC(C(=O)NCC3CC3)C2)c(C)n1. The van der Waals surface area contributed by atoms with Crippen LogP contribution in [-0.4, -0.2) is 46.3 Å². The van der Waals surface area contributed by atoms with Crippen molar-refractivity contribution in [1.29, 1.82) is 0 Å². The monoisotopic (exact) mass is 288 g/mol. The van der Waals surface area contributed by atoms with Crippen LogP contribution in [0.25, 0.3) is 0 Å². The molecule has 2 heterocycles. The lowest BCUT2D eigenvalue weighted by atomic mass is 9.97. The highest BCUT2D eigenvalue weighted by Crippen LogP contribution is 2.28. The van der Waals surface area contributed by atoms with Gasteiger partial charge >= 0.3 is 0 Å². The highest BCUT2D eigenvalue weighted by Gasteiger charge is 2.37. The average molecular weight is 288 g/mol. The van der Waals surface area contributed by atoms with Crippen LogP contribution in [0.15, 0.2) is 6.20 Å². The average Bonchev–Trinajstić information content (AvgIpc) is 3.18. The minimum absolute atomic E-state index is 0.0700. The number of hydrogen-bond acceptors (Lipinski definition) is 4. The normalized spacial score (nSPS) is 18.3. The molecule has 0 spiro atoms. The number of carbonyl (C=O) groups excluding carboxylic acids is 2. The summed E-state index contributed by atoms with van der Waals surface area (Å²) in [5.41, 5.74) is 1.21. The molecule has 2 amide bonds. The fourth-order valence-electron chi connectivity index (χ4n) is 2.48. The standard InChI is InChI=1S/C15H20N4O2/c1-9-13(6-16-10(2)18-9)15(21)19-7-12(8-19)14(20)17-5-11-3-4-11/h6,11-12H,3-5,7-8H2,1-2H3,(H,17,20). The second-order valence-electron chi connectivity index (χ2n) is 6.01. The summed E-state index contributed by atoms with van der Waals surface area (Å²) in [6.45, 7) is 5.37. The number of hydrogen-bond donors (Lipinski definition) is 1. The lowest BCUT2D eigenvalue weighted by Gasteiger charge is -2.38. The van der Waals surface area contributed by atoms with E-state index in [0.717, 1.165) is 6.54 Å². The van der Waals surface area contributed by atoms with Crippen molar-refractivity contribution >= 4 is 11.8 Å². The Morgan fingerprint density at radius 3 is 2.67 bits per heavy atom. The van der Waals surface area contributed by atoms with E-state index in [-0.39, 0.29) is 17.7 Å². The van der Waals surface area contributed by atoms with Crippen molar-refractivity contribution in [3.63, 3.8) is 0 Å². The van der Waals surface area contributed by atoms with Gasteiger partial charge < -0.3 is 10.2 Å². The summed E-state index contributed by atoms with van der Waals surface area (Å²) in [4.78, 5) is 34.2. The summed E-state index contributed by atoms with van der Waals surface area (Å²) >= 11 is 0. The largest absolute Gasteiger partial charge is 0.355 e. The zero-order valence-corrected chi connectivity index (χ0v) is 12.4. The molecule has 2 fully saturated rings. The van der Waals surface area contributed by atoms with Gasteiger partial charge in [-0.3, -0.25) is 9.59 Å². The summed E-state index contributed by atoms with van der Waals surface area (Å²) in [7, 11) is 0. The second-order valence-corrected chi connectivity index (χ2v) is 6.01. The number of aryl methyl sites for hydroxylation is 2. The topological polar surface area (TPSA) is 75.2 Å². The molecule has 1 aromatic rings. The summed E-state index contributed by atoms with van der Waals surface area (Å²) in [6.07, 6.45) is 4.02. The zero-order valence-electron chi connectivity index (χ0n) is 12.4. The van der Waals surface area contributed by atoms with Crippen LogP contribution in [0.2, 0.25) is 0 Å². The van der Waals surface area contributed by atoms with Gasteiger partial charge in [0.1, 0.15) is 5.82 Å². The Kier molecular flexibility index (Phi) is 3.61. The maximum atomic E-state index is 12.3. The molecule has 0 bridgehead atoms. The third kappa shape index (κ3) is 3.04. The first-order valence-corrected chi connectivity index (χ1v) is 7.42. The van der Waals surface area contributed by atoms with E-state index >= 15 is 0 Å². The smallest absolute Gasteiger partial charge is 0.257 e.